The highest BCUT2D eigenvalue weighted by Crippen LogP contribution is 2.09. The van der Waals surface area contributed by atoms with Crippen LogP contribution < -0.4 is 0 Å². The molecule has 8 nitrogen and oxygen atoms in total. The van der Waals surface area contributed by atoms with Crippen molar-refractivity contribution >= 4 is 18.0 Å². The SMILES string of the molecule is C#CCCOC(=O)CCN(CCCN(C)C)C(=O)OCCCCCCCCOC(=O)CCCCCCCC. The van der Waals surface area contributed by atoms with Crippen LogP contribution in [0.1, 0.15) is 110 Å². The van der Waals surface area contributed by atoms with Gasteiger partial charge in [0.15, 0.2) is 0 Å². The zero-order valence-electron chi connectivity index (χ0n) is 24.5. The number of ether oxygens (including phenoxy) is 3. The van der Waals surface area contributed by atoms with Crippen LogP contribution in [-0.2, 0) is 23.8 Å². The third kappa shape index (κ3) is 24.1. The van der Waals surface area contributed by atoms with E-state index in [9.17, 15) is 14.4 Å². The molecule has 0 aliphatic rings. The second kappa shape index (κ2) is 26.3. The fourth-order valence-electron chi connectivity index (χ4n) is 3.86. The molecule has 0 aliphatic carbocycles. The maximum absolute atomic E-state index is 12.5. The Hall–Kier alpha value is -2.27. The Kier molecular flexibility index (Phi) is 24.8. The Balaban J connectivity index is 3.89. The van der Waals surface area contributed by atoms with E-state index in [0.717, 1.165) is 64.3 Å². The van der Waals surface area contributed by atoms with E-state index in [-0.39, 0.29) is 37.6 Å². The summed E-state index contributed by atoms with van der Waals surface area (Å²) < 4.78 is 15.8. The van der Waals surface area contributed by atoms with Gasteiger partial charge in [0.05, 0.1) is 19.6 Å². The predicted octanol–water partition coefficient (Wildman–Crippen LogP) is 5.97. The Labute approximate surface area is 232 Å². The van der Waals surface area contributed by atoms with Crippen molar-refractivity contribution in [1.29, 1.82) is 0 Å². The molecule has 0 aromatic rings. The van der Waals surface area contributed by atoms with Gasteiger partial charge in [0.25, 0.3) is 0 Å². The van der Waals surface area contributed by atoms with Gasteiger partial charge in [-0.2, -0.15) is 0 Å². The molecule has 0 N–H and O–H groups in total. The first kappa shape index (κ1) is 35.7. The van der Waals surface area contributed by atoms with Gasteiger partial charge in [-0.25, -0.2) is 4.79 Å². The summed E-state index contributed by atoms with van der Waals surface area (Å²) in [5.41, 5.74) is 0. The molecule has 0 aliphatic heterocycles. The molecule has 0 radical (unpaired) electrons. The van der Waals surface area contributed by atoms with E-state index < -0.39 is 0 Å². The van der Waals surface area contributed by atoms with Gasteiger partial charge in [-0.05, 0) is 46.3 Å². The molecule has 0 aromatic heterocycles. The van der Waals surface area contributed by atoms with Crippen molar-refractivity contribution in [3.05, 3.63) is 0 Å². The molecule has 8 heteroatoms. The van der Waals surface area contributed by atoms with Crippen LogP contribution >= 0.6 is 0 Å². The second-order valence-corrected chi connectivity index (χ2v) is 10.0. The monoisotopic (exact) mass is 538 g/mol. The normalized spacial score (nSPS) is 10.7. The maximum Gasteiger partial charge on any atom is 0.409 e. The molecule has 1 amide bonds. The molecule has 0 atom stereocenters. The van der Waals surface area contributed by atoms with E-state index in [2.05, 4.69) is 17.7 Å². The first-order chi connectivity index (χ1) is 18.4. The minimum Gasteiger partial charge on any atom is -0.466 e. The van der Waals surface area contributed by atoms with Crippen LogP contribution in [0.25, 0.3) is 0 Å². The zero-order chi connectivity index (χ0) is 28.3. The number of amides is 1. The van der Waals surface area contributed by atoms with Crippen molar-refractivity contribution < 1.29 is 28.6 Å². The first-order valence-electron chi connectivity index (χ1n) is 14.7. The van der Waals surface area contributed by atoms with Crippen molar-refractivity contribution in [2.75, 3.05) is 53.6 Å². The Morgan fingerprint density at radius 2 is 1.18 bits per heavy atom. The number of hydrogen-bond donors (Lipinski definition) is 0. The van der Waals surface area contributed by atoms with Gasteiger partial charge < -0.3 is 24.0 Å². The fraction of sp³-hybridized carbons (Fsp3) is 0.833. The molecule has 0 spiro atoms. The van der Waals surface area contributed by atoms with Gasteiger partial charge in [-0.15, -0.1) is 12.3 Å². The summed E-state index contributed by atoms with van der Waals surface area (Å²) in [7, 11) is 3.96. The highest BCUT2D eigenvalue weighted by atomic mass is 16.6. The van der Waals surface area contributed by atoms with Crippen LogP contribution in [0.4, 0.5) is 4.79 Å². The predicted molar refractivity (Wildman–Crippen MR) is 152 cm³/mol. The van der Waals surface area contributed by atoms with Crippen molar-refractivity contribution in [2.24, 2.45) is 0 Å². The largest absolute Gasteiger partial charge is 0.466 e. The van der Waals surface area contributed by atoms with Gasteiger partial charge in [-0.1, -0.05) is 64.7 Å². The van der Waals surface area contributed by atoms with Gasteiger partial charge in [0.2, 0.25) is 0 Å². The van der Waals surface area contributed by atoms with Crippen molar-refractivity contribution in [1.82, 2.24) is 9.80 Å². The Bertz CT molecular complexity index is 647. The van der Waals surface area contributed by atoms with E-state index in [0.29, 0.717) is 32.6 Å². The van der Waals surface area contributed by atoms with E-state index in [1.807, 2.05) is 14.1 Å². The summed E-state index contributed by atoms with van der Waals surface area (Å²) in [4.78, 5) is 39.8. The standard InChI is InChI=1S/C30H54N2O6/c1-5-7-9-10-13-16-20-28(33)37-26-17-14-11-12-15-18-27-38-30(35)32(23-19-22-31(3)4)24-21-29(34)36-25-8-6-2/h2H,5,7-27H2,1,3-4H3. The lowest BCUT2D eigenvalue weighted by Crippen LogP contribution is -2.36. The minimum absolute atomic E-state index is 0.0705. The van der Waals surface area contributed by atoms with Crippen molar-refractivity contribution in [2.45, 2.75) is 110 Å². The quantitative estimate of drug-likeness (QED) is 0.0613. The van der Waals surface area contributed by atoms with Crippen LogP contribution in [0.5, 0.6) is 0 Å². The lowest BCUT2D eigenvalue weighted by atomic mass is 10.1. The maximum atomic E-state index is 12.5. The smallest absolute Gasteiger partial charge is 0.409 e. The van der Waals surface area contributed by atoms with Crippen LogP contribution in [0.2, 0.25) is 0 Å². The average Bonchev–Trinajstić information content (AvgIpc) is 2.89. The lowest BCUT2D eigenvalue weighted by molar-refractivity contribution is -0.144. The summed E-state index contributed by atoms with van der Waals surface area (Å²) in [6, 6.07) is 0. The van der Waals surface area contributed by atoms with Gasteiger partial charge in [0.1, 0.15) is 6.61 Å². The second-order valence-electron chi connectivity index (χ2n) is 10.0. The summed E-state index contributed by atoms with van der Waals surface area (Å²) in [5.74, 6) is 1.99. The number of hydrogen-bond acceptors (Lipinski definition) is 7. The minimum atomic E-state index is -0.386. The van der Waals surface area contributed by atoms with Crippen molar-refractivity contribution in [3.8, 4) is 12.3 Å². The molecule has 220 valence electrons. The number of carbonyl (C=O) groups excluding carboxylic acids is 3. The summed E-state index contributed by atoms with van der Waals surface area (Å²) in [5, 5.41) is 0. The molecular formula is C30H54N2O6. The summed E-state index contributed by atoms with van der Waals surface area (Å²) in [6.07, 6.45) is 19.5. The molecule has 0 fully saturated rings. The third-order valence-electron chi connectivity index (χ3n) is 6.15. The van der Waals surface area contributed by atoms with Gasteiger partial charge in [-0.3, -0.25) is 9.59 Å². The first-order valence-corrected chi connectivity index (χ1v) is 14.7. The Morgan fingerprint density at radius 1 is 0.632 bits per heavy atom. The van der Waals surface area contributed by atoms with Crippen LogP contribution in [-0.4, -0.2) is 81.4 Å². The molecule has 0 saturated carbocycles. The summed E-state index contributed by atoms with van der Waals surface area (Å²) >= 11 is 0. The molecular weight excluding hydrogens is 484 g/mol. The van der Waals surface area contributed by atoms with E-state index >= 15 is 0 Å². The van der Waals surface area contributed by atoms with E-state index in [1.165, 1.54) is 25.7 Å². The molecule has 38 heavy (non-hydrogen) atoms. The lowest BCUT2D eigenvalue weighted by Gasteiger charge is -2.22. The topological polar surface area (TPSA) is 85.4 Å². The molecule has 0 heterocycles. The van der Waals surface area contributed by atoms with Gasteiger partial charge >= 0.3 is 18.0 Å². The highest BCUT2D eigenvalue weighted by Gasteiger charge is 2.17. The number of terminal acetylenes is 1. The molecule has 0 bridgehead atoms. The third-order valence-corrected chi connectivity index (χ3v) is 6.15. The molecule has 0 unspecified atom stereocenters. The number of rotatable bonds is 25. The number of unbranched alkanes of at least 4 members (excludes halogenated alkanes) is 10. The van der Waals surface area contributed by atoms with E-state index in [1.54, 1.807) is 4.90 Å². The number of nitrogens with zero attached hydrogens (tertiary/aromatic N) is 2. The van der Waals surface area contributed by atoms with E-state index in [4.69, 9.17) is 20.6 Å². The van der Waals surface area contributed by atoms with Crippen LogP contribution in [0.15, 0.2) is 0 Å². The molecule has 0 saturated heterocycles. The summed E-state index contributed by atoms with van der Waals surface area (Å²) in [6.45, 7) is 4.91. The zero-order valence-corrected chi connectivity index (χ0v) is 24.5. The number of esters is 2. The average molecular weight is 539 g/mol. The fourth-order valence-corrected chi connectivity index (χ4v) is 3.86. The highest BCUT2D eigenvalue weighted by molar-refractivity contribution is 5.72. The van der Waals surface area contributed by atoms with Crippen LogP contribution in [0.3, 0.4) is 0 Å². The van der Waals surface area contributed by atoms with Gasteiger partial charge in [0, 0.05) is 25.9 Å². The van der Waals surface area contributed by atoms with Crippen LogP contribution in [0, 0.1) is 12.3 Å². The Morgan fingerprint density at radius 3 is 1.82 bits per heavy atom. The number of carbonyl (C=O) groups is 3. The van der Waals surface area contributed by atoms with Crippen molar-refractivity contribution in [3.63, 3.8) is 0 Å². The molecule has 0 aromatic carbocycles. The molecule has 0 rings (SSSR count).